The van der Waals surface area contributed by atoms with E-state index in [4.69, 9.17) is 23.7 Å². The number of rotatable bonds is 15. The Morgan fingerprint density at radius 3 is 1.61 bits per heavy atom. The third-order valence-electron chi connectivity index (χ3n) is 10.1. The zero-order valence-electron chi connectivity index (χ0n) is 29.1. The lowest BCUT2D eigenvalue weighted by atomic mass is 9.97. The molecule has 0 amide bonds. The minimum Gasteiger partial charge on any atom is -0.475 e. The zero-order chi connectivity index (χ0) is 35.6. The fourth-order valence-electron chi connectivity index (χ4n) is 7.06. The average molecular weight is 705 g/mol. The van der Waals surface area contributed by atoms with Gasteiger partial charge in [0.05, 0.1) is 37.6 Å². The van der Waals surface area contributed by atoms with Gasteiger partial charge in [0, 0.05) is 43.3 Å². The predicted octanol–water partition coefficient (Wildman–Crippen LogP) is 3.89. The summed E-state index contributed by atoms with van der Waals surface area (Å²) in [7, 11) is 0. The Kier molecular flexibility index (Phi) is 13.5. The van der Waals surface area contributed by atoms with Gasteiger partial charge in [-0.05, 0) is 37.8 Å². The normalized spacial score (nSPS) is 25.5. The summed E-state index contributed by atoms with van der Waals surface area (Å²) in [5.41, 5.74) is 2.74. The van der Waals surface area contributed by atoms with Crippen LogP contribution in [0.4, 0.5) is 0 Å². The fourth-order valence-corrected chi connectivity index (χ4v) is 7.06. The highest BCUT2D eigenvalue weighted by molar-refractivity contribution is 5.17. The Labute approximate surface area is 300 Å². The molecule has 3 saturated heterocycles. The van der Waals surface area contributed by atoms with E-state index in [1.165, 1.54) is 0 Å². The molecule has 3 fully saturated rings. The van der Waals surface area contributed by atoms with E-state index >= 15 is 0 Å². The van der Waals surface area contributed by atoms with Crippen LogP contribution in [0.3, 0.4) is 0 Å². The molecule has 51 heavy (non-hydrogen) atoms. The average Bonchev–Trinajstić information content (AvgIpc) is 3.20. The van der Waals surface area contributed by atoms with Crippen molar-refractivity contribution in [3.05, 3.63) is 120 Å². The van der Waals surface area contributed by atoms with Gasteiger partial charge in [0.25, 0.3) is 0 Å². The quantitative estimate of drug-likeness (QED) is 0.172. The van der Waals surface area contributed by atoms with Crippen molar-refractivity contribution >= 4 is 0 Å². The van der Waals surface area contributed by atoms with E-state index < -0.39 is 49.2 Å². The van der Waals surface area contributed by atoms with Crippen molar-refractivity contribution in [2.75, 3.05) is 39.4 Å². The van der Waals surface area contributed by atoms with E-state index in [0.29, 0.717) is 64.5 Å². The number of aliphatic hydroxyl groups excluding tert-OH is 4. The van der Waals surface area contributed by atoms with Crippen LogP contribution in [-0.2, 0) is 30.3 Å². The maximum absolute atomic E-state index is 11.5. The molecule has 11 heteroatoms. The summed E-state index contributed by atoms with van der Waals surface area (Å²) in [5, 5.41) is 45.7. The molecule has 3 aliphatic heterocycles. The Morgan fingerprint density at radius 1 is 0.686 bits per heavy atom. The Hall–Kier alpha value is -3.36. The number of nitrogens with zero attached hydrogens (tertiary/aromatic N) is 2. The van der Waals surface area contributed by atoms with Crippen LogP contribution in [0.1, 0.15) is 55.0 Å². The molecule has 0 radical (unpaired) electrons. The molecule has 276 valence electrons. The number of aliphatic hydroxyl groups is 4. The van der Waals surface area contributed by atoms with E-state index in [1.807, 2.05) is 95.9 Å². The summed E-state index contributed by atoms with van der Waals surface area (Å²) < 4.78 is 29.9. The molecule has 3 heterocycles. The number of ether oxygens (including phenoxy) is 5. The summed E-state index contributed by atoms with van der Waals surface area (Å²) in [6.07, 6.45) is -5.06. The van der Waals surface area contributed by atoms with Crippen molar-refractivity contribution in [2.24, 2.45) is 0 Å². The van der Waals surface area contributed by atoms with Crippen LogP contribution in [0.25, 0.3) is 0 Å². The van der Waals surface area contributed by atoms with E-state index in [1.54, 1.807) is 0 Å². The third kappa shape index (κ3) is 10.2. The molecule has 2 unspecified atom stereocenters. The van der Waals surface area contributed by atoms with Crippen molar-refractivity contribution in [2.45, 2.75) is 87.5 Å². The molecule has 4 N–H and O–H groups in total. The third-order valence-corrected chi connectivity index (χ3v) is 10.1. The number of hydrogen-bond acceptors (Lipinski definition) is 11. The molecular formula is C40H52N2O9. The maximum atomic E-state index is 11.5. The first-order valence-corrected chi connectivity index (χ1v) is 18.1. The molecule has 6 rings (SSSR count). The van der Waals surface area contributed by atoms with Gasteiger partial charge >= 0.3 is 0 Å². The van der Waals surface area contributed by atoms with Crippen LogP contribution in [0.5, 0.6) is 0 Å². The minimum atomic E-state index is -1.19. The second-order valence-electron chi connectivity index (χ2n) is 13.6. The van der Waals surface area contributed by atoms with Crippen LogP contribution < -0.4 is 0 Å². The van der Waals surface area contributed by atoms with Gasteiger partial charge in [-0.2, -0.15) is 0 Å². The summed E-state index contributed by atoms with van der Waals surface area (Å²) >= 11 is 0. The van der Waals surface area contributed by atoms with Crippen molar-refractivity contribution in [1.82, 2.24) is 9.80 Å². The topological polar surface area (TPSA) is 134 Å². The molecule has 0 saturated carbocycles. The molecule has 0 bridgehead atoms. The lowest BCUT2D eigenvalue weighted by Crippen LogP contribution is -2.55. The van der Waals surface area contributed by atoms with Gasteiger partial charge in [-0.3, -0.25) is 4.90 Å². The molecule has 3 aromatic rings. The Bertz CT molecular complexity index is 1390. The van der Waals surface area contributed by atoms with E-state index in [2.05, 4.69) is 11.5 Å². The van der Waals surface area contributed by atoms with Gasteiger partial charge in [0.2, 0.25) is 0 Å². The second-order valence-corrected chi connectivity index (χ2v) is 13.6. The van der Waals surface area contributed by atoms with Gasteiger partial charge in [0.15, 0.2) is 18.5 Å². The largest absolute Gasteiger partial charge is 0.475 e. The molecule has 8 atom stereocenters. The second kappa shape index (κ2) is 18.4. The monoisotopic (exact) mass is 704 g/mol. The molecule has 0 aromatic heterocycles. The summed E-state index contributed by atoms with van der Waals surface area (Å²) in [4.78, 5) is 4.09. The highest BCUT2D eigenvalue weighted by Crippen LogP contribution is 2.31. The number of benzene rings is 3. The maximum Gasteiger partial charge on any atom is 0.184 e. The fraction of sp³-hybridized carbons (Fsp3) is 0.500. The van der Waals surface area contributed by atoms with Crippen molar-refractivity contribution in [1.29, 1.82) is 0 Å². The van der Waals surface area contributed by atoms with Crippen LogP contribution in [-0.4, -0.2) is 112 Å². The first-order valence-electron chi connectivity index (χ1n) is 18.1. The van der Waals surface area contributed by atoms with Crippen LogP contribution in [0.2, 0.25) is 0 Å². The van der Waals surface area contributed by atoms with Crippen molar-refractivity contribution < 1.29 is 44.1 Å². The van der Waals surface area contributed by atoms with Gasteiger partial charge in [-0.15, -0.1) is 0 Å². The molecule has 0 aliphatic carbocycles. The van der Waals surface area contributed by atoms with Crippen LogP contribution in [0, 0.1) is 0 Å². The van der Waals surface area contributed by atoms with Gasteiger partial charge < -0.3 is 49.0 Å². The lowest BCUT2D eigenvalue weighted by Gasteiger charge is -2.43. The molecule has 11 nitrogen and oxygen atoms in total. The van der Waals surface area contributed by atoms with Gasteiger partial charge in [-0.25, -0.2) is 0 Å². The van der Waals surface area contributed by atoms with Crippen molar-refractivity contribution in [3.63, 3.8) is 0 Å². The first-order chi connectivity index (χ1) is 24.9. The Balaban J connectivity index is 1.09. The zero-order valence-corrected chi connectivity index (χ0v) is 29.1. The number of likely N-dealkylation sites (tertiary alicyclic amines) is 1. The lowest BCUT2D eigenvalue weighted by molar-refractivity contribution is -0.249. The summed E-state index contributed by atoms with van der Waals surface area (Å²) in [6, 6.07) is 28.9. The summed E-state index contributed by atoms with van der Waals surface area (Å²) in [6.45, 7) is 6.82. The van der Waals surface area contributed by atoms with E-state index in [-0.39, 0.29) is 19.1 Å². The van der Waals surface area contributed by atoms with Gasteiger partial charge in [-0.1, -0.05) is 91.0 Å². The Morgan fingerprint density at radius 2 is 1.14 bits per heavy atom. The molecule has 3 aliphatic rings. The summed E-state index contributed by atoms with van der Waals surface area (Å²) in [5.74, 6) is 0.601. The number of piperidine rings is 1. The highest BCUT2D eigenvalue weighted by Gasteiger charge is 2.39. The minimum absolute atomic E-state index is 0.0489. The highest BCUT2D eigenvalue weighted by atomic mass is 16.7. The SMILES string of the molecule is C=C(OCc1ccccc1)N1CCC(N(C[C@H](O)[C@@H](O)[C@H]2CCOC(c3ccccc3)O2)C[C@H](O)[C@@H](O)[C@H]2CCOC(c3ccccc3)O2)CC1. The van der Waals surface area contributed by atoms with E-state index in [9.17, 15) is 20.4 Å². The van der Waals surface area contributed by atoms with E-state index in [0.717, 1.165) is 16.7 Å². The van der Waals surface area contributed by atoms with Gasteiger partial charge in [0.1, 0.15) is 18.8 Å². The van der Waals surface area contributed by atoms with Crippen LogP contribution in [0.15, 0.2) is 103 Å². The van der Waals surface area contributed by atoms with Crippen LogP contribution >= 0.6 is 0 Å². The number of hydrogen-bond donors (Lipinski definition) is 4. The first kappa shape index (κ1) is 37.4. The molecular weight excluding hydrogens is 652 g/mol. The smallest absolute Gasteiger partial charge is 0.184 e. The molecule has 0 spiro atoms. The van der Waals surface area contributed by atoms with Crippen molar-refractivity contribution in [3.8, 4) is 0 Å². The molecule has 3 aromatic carbocycles. The predicted molar refractivity (Wildman–Crippen MR) is 190 cm³/mol. The standard InChI is InChI=1S/C40H52N2O9/c1-28(49-27-29-11-5-2-6-12-29)41-21-17-32(18-22-41)42(25-33(43)37(45)35-19-23-47-39(50-35)30-13-7-3-8-14-30)26-34(44)38(46)36-20-24-48-40(51-36)31-15-9-4-10-16-31/h2-16,32-40,43-46H,1,17-27H2/t33-,34-,35+,36+,37+,38+,39?,40?/m0/s1.